The Labute approximate surface area is 132 Å². The van der Waals surface area contributed by atoms with Gasteiger partial charge < -0.3 is 27.5 Å². The molecule has 1 fully saturated rings. The topological polar surface area (TPSA) is 143 Å². The van der Waals surface area contributed by atoms with E-state index in [2.05, 4.69) is 20.6 Å². The molecule has 1 aromatic heterocycles. The lowest BCUT2D eigenvalue weighted by molar-refractivity contribution is 0.100. The molecule has 118 valence electrons. The molecule has 1 amide bonds. The fourth-order valence-electron chi connectivity index (χ4n) is 2.07. The number of amides is 1. The summed E-state index contributed by atoms with van der Waals surface area (Å²) in [6, 6.07) is 5.53. The first-order valence-corrected chi connectivity index (χ1v) is 7.17. The number of hydrogen-bond donors (Lipinski definition) is 5. The van der Waals surface area contributed by atoms with Gasteiger partial charge in [0.25, 0.3) is 5.91 Å². The third-order valence-corrected chi connectivity index (χ3v) is 3.47. The maximum Gasteiger partial charge on any atom is 0.254 e. The Balaban J connectivity index is 1.86. The average Bonchev–Trinajstić information content (AvgIpc) is 3.31. The predicted molar refractivity (Wildman–Crippen MR) is 89.2 cm³/mol. The summed E-state index contributed by atoms with van der Waals surface area (Å²) in [6.45, 7) is 0. The Morgan fingerprint density at radius 3 is 2.78 bits per heavy atom. The van der Waals surface area contributed by atoms with Crippen LogP contribution in [0.4, 0.5) is 23.1 Å². The van der Waals surface area contributed by atoms with Gasteiger partial charge in [-0.25, -0.2) is 4.98 Å². The SMILES string of the molecule is N=Cc1ccc(Nc2ncc(C(N)=O)c(NC3CC3)n2)cc1N. The van der Waals surface area contributed by atoms with Crippen molar-refractivity contribution in [3.05, 3.63) is 35.5 Å². The molecule has 0 unspecified atom stereocenters. The number of anilines is 4. The third kappa shape index (κ3) is 3.37. The molecular formula is C15H17N7O. The number of primary amides is 1. The van der Waals surface area contributed by atoms with E-state index in [-0.39, 0.29) is 5.56 Å². The van der Waals surface area contributed by atoms with Gasteiger partial charge in [0.15, 0.2) is 0 Å². The molecule has 8 heteroatoms. The summed E-state index contributed by atoms with van der Waals surface area (Å²) in [7, 11) is 0. The van der Waals surface area contributed by atoms with E-state index in [9.17, 15) is 4.79 Å². The van der Waals surface area contributed by atoms with Crippen molar-refractivity contribution in [2.75, 3.05) is 16.4 Å². The van der Waals surface area contributed by atoms with Crippen LogP contribution in [0.25, 0.3) is 0 Å². The zero-order valence-electron chi connectivity index (χ0n) is 12.3. The van der Waals surface area contributed by atoms with Gasteiger partial charge in [0, 0.05) is 35.4 Å². The molecule has 0 bridgehead atoms. The van der Waals surface area contributed by atoms with Gasteiger partial charge in [-0.15, -0.1) is 0 Å². The number of nitrogens with zero attached hydrogens (tertiary/aromatic N) is 2. The van der Waals surface area contributed by atoms with Crippen LogP contribution in [-0.4, -0.2) is 28.1 Å². The van der Waals surface area contributed by atoms with Gasteiger partial charge >= 0.3 is 0 Å². The lowest BCUT2D eigenvalue weighted by atomic mass is 10.2. The highest BCUT2D eigenvalue weighted by atomic mass is 16.1. The summed E-state index contributed by atoms with van der Waals surface area (Å²) < 4.78 is 0. The summed E-state index contributed by atoms with van der Waals surface area (Å²) in [4.78, 5) is 19.9. The molecule has 0 atom stereocenters. The first kappa shape index (κ1) is 14.8. The third-order valence-electron chi connectivity index (χ3n) is 3.47. The number of nitrogen functional groups attached to an aromatic ring is 1. The maximum atomic E-state index is 11.5. The number of hydrogen-bond acceptors (Lipinski definition) is 7. The van der Waals surface area contributed by atoms with E-state index in [0.29, 0.717) is 34.7 Å². The molecule has 1 aliphatic rings. The molecule has 0 aliphatic heterocycles. The second kappa shape index (κ2) is 5.91. The van der Waals surface area contributed by atoms with Crippen molar-refractivity contribution in [3.8, 4) is 0 Å². The number of aromatic nitrogens is 2. The zero-order chi connectivity index (χ0) is 16.4. The molecule has 0 radical (unpaired) electrons. The second-order valence-electron chi connectivity index (χ2n) is 5.35. The Hall–Kier alpha value is -3.16. The number of nitrogens with one attached hydrogen (secondary N) is 3. The van der Waals surface area contributed by atoms with Gasteiger partial charge in [0.05, 0.1) is 5.56 Å². The molecule has 1 heterocycles. The van der Waals surface area contributed by atoms with E-state index in [0.717, 1.165) is 12.8 Å². The summed E-state index contributed by atoms with van der Waals surface area (Å²) in [5, 5.41) is 13.4. The first-order valence-electron chi connectivity index (χ1n) is 7.17. The molecule has 0 saturated heterocycles. The molecule has 3 rings (SSSR count). The number of carbonyl (C=O) groups is 1. The zero-order valence-corrected chi connectivity index (χ0v) is 12.3. The normalized spacial score (nSPS) is 13.4. The van der Waals surface area contributed by atoms with Crippen LogP contribution in [0.15, 0.2) is 24.4 Å². The minimum Gasteiger partial charge on any atom is -0.398 e. The van der Waals surface area contributed by atoms with Gasteiger partial charge in [-0.05, 0) is 31.0 Å². The van der Waals surface area contributed by atoms with E-state index < -0.39 is 5.91 Å². The van der Waals surface area contributed by atoms with Crippen LogP contribution in [0.2, 0.25) is 0 Å². The minimum atomic E-state index is -0.570. The van der Waals surface area contributed by atoms with E-state index >= 15 is 0 Å². The van der Waals surface area contributed by atoms with E-state index in [1.54, 1.807) is 18.2 Å². The fourth-order valence-corrected chi connectivity index (χ4v) is 2.07. The number of rotatable bonds is 6. The lowest BCUT2D eigenvalue weighted by Gasteiger charge is -2.11. The molecule has 7 N–H and O–H groups in total. The average molecular weight is 311 g/mol. The van der Waals surface area contributed by atoms with Crippen molar-refractivity contribution < 1.29 is 4.79 Å². The molecule has 1 saturated carbocycles. The Morgan fingerprint density at radius 1 is 1.39 bits per heavy atom. The Morgan fingerprint density at radius 2 is 2.17 bits per heavy atom. The Bertz CT molecular complexity index is 770. The van der Waals surface area contributed by atoms with Crippen molar-refractivity contribution in [1.82, 2.24) is 9.97 Å². The number of nitrogens with two attached hydrogens (primary N) is 2. The van der Waals surface area contributed by atoms with Crippen LogP contribution < -0.4 is 22.1 Å². The first-order chi connectivity index (χ1) is 11.1. The van der Waals surface area contributed by atoms with Crippen LogP contribution in [0, 0.1) is 5.41 Å². The smallest absolute Gasteiger partial charge is 0.254 e. The maximum absolute atomic E-state index is 11.5. The van der Waals surface area contributed by atoms with Crippen molar-refractivity contribution in [1.29, 1.82) is 5.41 Å². The fraction of sp³-hybridized carbons (Fsp3) is 0.200. The number of benzene rings is 1. The van der Waals surface area contributed by atoms with Crippen LogP contribution in [0.1, 0.15) is 28.8 Å². The number of carbonyl (C=O) groups excluding carboxylic acids is 1. The summed E-state index contributed by atoms with van der Waals surface area (Å²) >= 11 is 0. The van der Waals surface area contributed by atoms with E-state index in [1.165, 1.54) is 12.4 Å². The molecule has 0 spiro atoms. The quantitative estimate of drug-likeness (QED) is 0.404. The van der Waals surface area contributed by atoms with Gasteiger partial charge in [0.2, 0.25) is 5.95 Å². The van der Waals surface area contributed by atoms with Gasteiger partial charge in [-0.2, -0.15) is 4.98 Å². The van der Waals surface area contributed by atoms with E-state index in [4.69, 9.17) is 16.9 Å². The largest absolute Gasteiger partial charge is 0.398 e. The molecule has 1 aromatic carbocycles. The van der Waals surface area contributed by atoms with Gasteiger partial charge in [-0.1, -0.05) is 0 Å². The van der Waals surface area contributed by atoms with Gasteiger partial charge in [-0.3, -0.25) is 4.79 Å². The summed E-state index contributed by atoms with van der Waals surface area (Å²) in [6.07, 6.45) is 4.69. The summed E-state index contributed by atoms with van der Waals surface area (Å²) in [5.41, 5.74) is 13.3. The highest BCUT2D eigenvalue weighted by molar-refractivity contribution is 5.97. The minimum absolute atomic E-state index is 0.265. The molecule has 8 nitrogen and oxygen atoms in total. The standard InChI is InChI=1S/C15H17N7O/c16-6-8-1-2-10(5-12(8)17)21-15-19-7-11(13(18)23)14(22-15)20-9-3-4-9/h1-2,5-7,9,16H,3-4,17H2,(H2,18,23)(H2,19,20,21,22). The Kier molecular flexibility index (Phi) is 3.80. The van der Waals surface area contributed by atoms with Crippen LogP contribution in [0.5, 0.6) is 0 Å². The summed E-state index contributed by atoms with van der Waals surface area (Å²) in [5.74, 6) is 0.195. The predicted octanol–water partition coefficient (Wildman–Crippen LogP) is 1.47. The van der Waals surface area contributed by atoms with Crippen molar-refractivity contribution in [2.45, 2.75) is 18.9 Å². The van der Waals surface area contributed by atoms with Crippen molar-refractivity contribution >= 4 is 35.3 Å². The van der Waals surface area contributed by atoms with Crippen molar-refractivity contribution in [3.63, 3.8) is 0 Å². The van der Waals surface area contributed by atoms with Crippen LogP contribution in [-0.2, 0) is 0 Å². The molecule has 23 heavy (non-hydrogen) atoms. The van der Waals surface area contributed by atoms with Crippen LogP contribution >= 0.6 is 0 Å². The monoisotopic (exact) mass is 311 g/mol. The van der Waals surface area contributed by atoms with E-state index in [1.807, 2.05) is 0 Å². The second-order valence-corrected chi connectivity index (χ2v) is 5.35. The highest BCUT2D eigenvalue weighted by Gasteiger charge is 2.24. The van der Waals surface area contributed by atoms with Crippen molar-refractivity contribution in [2.24, 2.45) is 5.73 Å². The lowest BCUT2D eigenvalue weighted by Crippen LogP contribution is -2.17. The molecule has 1 aliphatic carbocycles. The van der Waals surface area contributed by atoms with Gasteiger partial charge in [0.1, 0.15) is 5.82 Å². The molecular weight excluding hydrogens is 294 g/mol. The van der Waals surface area contributed by atoms with Crippen LogP contribution in [0.3, 0.4) is 0 Å². The molecule has 2 aromatic rings. The highest BCUT2D eigenvalue weighted by Crippen LogP contribution is 2.26.